The van der Waals surface area contributed by atoms with Crippen molar-refractivity contribution in [1.29, 1.82) is 0 Å². The summed E-state index contributed by atoms with van der Waals surface area (Å²) in [4.78, 5) is 43.9. The van der Waals surface area contributed by atoms with Crippen molar-refractivity contribution in [3.63, 3.8) is 0 Å². The molecule has 0 aromatic heterocycles. The molecule has 2 aromatic carbocycles. The highest BCUT2D eigenvalue weighted by Crippen LogP contribution is 2.29. The fourth-order valence-corrected chi connectivity index (χ4v) is 5.32. The summed E-state index contributed by atoms with van der Waals surface area (Å²) >= 11 is 1.39. The van der Waals surface area contributed by atoms with Gasteiger partial charge in [0, 0.05) is 36.4 Å². The summed E-state index contributed by atoms with van der Waals surface area (Å²) in [6, 6.07) is 12.7. The van der Waals surface area contributed by atoms with Crippen LogP contribution in [0.5, 0.6) is 0 Å². The molecule has 3 amide bonds. The number of benzene rings is 2. The smallest absolute Gasteiger partial charge is 0.262 e. The highest BCUT2D eigenvalue weighted by molar-refractivity contribution is 8.15. The normalized spacial score (nSPS) is 17.9. The lowest BCUT2D eigenvalue weighted by atomic mass is 10.1. The van der Waals surface area contributed by atoms with Crippen LogP contribution in [0, 0.1) is 6.92 Å². The number of rotatable bonds is 6. The van der Waals surface area contributed by atoms with Crippen LogP contribution in [0.4, 0.5) is 11.4 Å². The summed E-state index contributed by atoms with van der Waals surface area (Å²) in [7, 11) is 0. The third-order valence-electron chi connectivity index (χ3n) is 6.14. The van der Waals surface area contributed by atoms with Crippen molar-refractivity contribution in [3.8, 4) is 0 Å². The zero-order valence-electron chi connectivity index (χ0n) is 19.6. The van der Waals surface area contributed by atoms with Crippen LogP contribution >= 0.6 is 11.8 Å². The van der Waals surface area contributed by atoms with Gasteiger partial charge < -0.3 is 15.5 Å². The van der Waals surface area contributed by atoms with E-state index in [1.807, 2.05) is 25.1 Å². The molecule has 2 aromatic rings. The number of hydrogen-bond donors (Lipinski definition) is 2. The third-order valence-corrected chi connectivity index (χ3v) is 7.35. The maximum atomic E-state index is 12.7. The number of amides is 3. The van der Waals surface area contributed by atoms with Gasteiger partial charge in [-0.15, -0.1) is 0 Å². The zero-order valence-corrected chi connectivity index (χ0v) is 20.4. The molecule has 0 saturated carbocycles. The van der Waals surface area contributed by atoms with Crippen LogP contribution in [0.2, 0.25) is 0 Å². The second kappa shape index (κ2) is 10.9. The highest BCUT2D eigenvalue weighted by atomic mass is 32.2. The minimum atomic E-state index is -0.483. The first kappa shape index (κ1) is 24.0. The number of carbonyl (C=O) groups is 3. The number of amidine groups is 1. The molecule has 8 heteroatoms. The summed E-state index contributed by atoms with van der Waals surface area (Å²) in [5, 5.41) is 6.10. The van der Waals surface area contributed by atoms with Crippen LogP contribution in [0.3, 0.4) is 0 Å². The molecular formula is C26H30N4O3S. The average molecular weight is 479 g/mol. The van der Waals surface area contributed by atoms with E-state index in [2.05, 4.69) is 27.4 Å². The Morgan fingerprint density at radius 1 is 1.06 bits per heavy atom. The number of para-hydroxylation sites is 1. The Hall–Kier alpha value is -3.13. The van der Waals surface area contributed by atoms with E-state index in [0.29, 0.717) is 11.3 Å². The fourth-order valence-electron chi connectivity index (χ4n) is 4.20. The first-order chi connectivity index (χ1) is 16.4. The number of likely N-dealkylation sites (tertiary alicyclic amines) is 1. The number of aliphatic imine (C=N–C) groups is 1. The number of aryl methyl sites for hydroxylation is 2. The van der Waals surface area contributed by atoms with E-state index in [1.165, 1.54) is 18.2 Å². The number of nitrogens with one attached hydrogen (secondary N) is 2. The first-order valence-corrected chi connectivity index (χ1v) is 12.7. The van der Waals surface area contributed by atoms with E-state index in [0.717, 1.165) is 54.3 Å². The molecule has 34 heavy (non-hydrogen) atoms. The van der Waals surface area contributed by atoms with Gasteiger partial charge in [0.25, 0.3) is 11.8 Å². The van der Waals surface area contributed by atoms with Gasteiger partial charge in [-0.3, -0.25) is 14.4 Å². The van der Waals surface area contributed by atoms with Crippen molar-refractivity contribution in [2.45, 2.75) is 51.2 Å². The summed E-state index contributed by atoms with van der Waals surface area (Å²) in [5.41, 5.74) is 4.04. The molecule has 178 valence electrons. The molecule has 1 unspecified atom stereocenters. The summed E-state index contributed by atoms with van der Waals surface area (Å²) in [6.45, 7) is 5.87. The van der Waals surface area contributed by atoms with Gasteiger partial charge in [-0.2, -0.15) is 4.99 Å². The van der Waals surface area contributed by atoms with Gasteiger partial charge in [0.2, 0.25) is 5.91 Å². The molecule has 1 atom stereocenters. The van der Waals surface area contributed by atoms with Gasteiger partial charge in [-0.1, -0.05) is 36.9 Å². The van der Waals surface area contributed by atoms with Crippen molar-refractivity contribution in [2.24, 2.45) is 4.99 Å². The zero-order chi connectivity index (χ0) is 24.1. The van der Waals surface area contributed by atoms with Gasteiger partial charge in [-0.05, 0) is 68.0 Å². The van der Waals surface area contributed by atoms with Crippen molar-refractivity contribution in [1.82, 2.24) is 4.90 Å². The Morgan fingerprint density at radius 3 is 2.50 bits per heavy atom. The Labute approximate surface area is 204 Å². The second-order valence-electron chi connectivity index (χ2n) is 8.63. The standard InChI is InChI=1S/C26H30N4O3S/c1-3-18-9-7-8-17(2)23(18)28-24(32)19-10-12-20(13-11-19)27-22(31)16-21-25(33)29-26(34-21)30-14-5-4-6-15-30/h7-13,21H,3-6,14-16H2,1-2H3,(H,27,31)(H,28,32). The topological polar surface area (TPSA) is 90.9 Å². The van der Waals surface area contributed by atoms with E-state index in [-0.39, 0.29) is 24.1 Å². The Kier molecular flexibility index (Phi) is 7.67. The van der Waals surface area contributed by atoms with Crippen molar-refractivity contribution < 1.29 is 14.4 Å². The van der Waals surface area contributed by atoms with E-state index in [4.69, 9.17) is 0 Å². The van der Waals surface area contributed by atoms with E-state index < -0.39 is 5.25 Å². The Morgan fingerprint density at radius 2 is 1.79 bits per heavy atom. The molecule has 4 rings (SSSR count). The molecule has 1 saturated heterocycles. The lowest BCUT2D eigenvalue weighted by molar-refractivity contribution is -0.121. The minimum absolute atomic E-state index is 0.0691. The molecule has 2 aliphatic rings. The molecule has 0 aliphatic carbocycles. The van der Waals surface area contributed by atoms with Crippen LogP contribution in [-0.2, 0) is 16.0 Å². The van der Waals surface area contributed by atoms with Gasteiger partial charge in [-0.25, -0.2) is 0 Å². The summed E-state index contributed by atoms with van der Waals surface area (Å²) < 4.78 is 0. The van der Waals surface area contributed by atoms with E-state index in [9.17, 15) is 14.4 Å². The highest BCUT2D eigenvalue weighted by Gasteiger charge is 2.33. The minimum Gasteiger partial charge on any atom is -0.351 e. The van der Waals surface area contributed by atoms with Gasteiger partial charge in [0.05, 0.1) is 0 Å². The van der Waals surface area contributed by atoms with Gasteiger partial charge >= 0.3 is 0 Å². The SMILES string of the molecule is CCc1cccc(C)c1NC(=O)c1ccc(NC(=O)CC2SC(N3CCCCC3)=NC2=O)cc1. The molecule has 1 fully saturated rings. The van der Waals surface area contributed by atoms with Crippen molar-refractivity contribution >= 4 is 46.0 Å². The van der Waals surface area contributed by atoms with Crippen LogP contribution < -0.4 is 10.6 Å². The maximum Gasteiger partial charge on any atom is 0.262 e. The number of nitrogens with zero attached hydrogens (tertiary/aromatic N) is 2. The average Bonchev–Trinajstić information content (AvgIpc) is 3.21. The van der Waals surface area contributed by atoms with E-state index in [1.54, 1.807) is 24.3 Å². The molecule has 0 bridgehead atoms. The second-order valence-corrected chi connectivity index (χ2v) is 9.80. The predicted octanol–water partition coefficient (Wildman–Crippen LogP) is 4.62. The molecule has 0 spiro atoms. The van der Waals surface area contributed by atoms with Crippen LogP contribution in [0.1, 0.15) is 54.1 Å². The number of piperidine rings is 1. The maximum absolute atomic E-state index is 12.7. The van der Waals surface area contributed by atoms with Crippen LogP contribution in [0.15, 0.2) is 47.5 Å². The molecule has 7 nitrogen and oxygen atoms in total. The number of anilines is 2. The van der Waals surface area contributed by atoms with Gasteiger partial charge in [0.15, 0.2) is 5.17 Å². The summed E-state index contributed by atoms with van der Waals surface area (Å²) in [5.74, 6) is -0.682. The molecule has 2 aliphatic heterocycles. The summed E-state index contributed by atoms with van der Waals surface area (Å²) in [6.07, 6.45) is 4.32. The predicted molar refractivity (Wildman–Crippen MR) is 137 cm³/mol. The monoisotopic (exact) mass is 478 g/mol. The Bertz CT molecular complexity index is 1110. The fraction of sp³-hybridized carbons (Fsp3) is 0.385. The van der Waals surface area contributed by atoms with Gasteiger partial charge in [0.1, 0.15) is 5.25 Å². The number of hydrogen-bond acceptors (Lipinski definition) is 5. The lowest BCUT2D eigenvalue weighted by Crippen LogP contribution is -2.33. The molecule has 0 radical (unpaired) electrons. The quantitative estimate of drug-likeness (QED) is 0.632. The lowest BCUT2D eigenvalue weighted by Gasteiger charge is -2.27. The largest absolute Gasteiger partial charge is 0.351 e. The molecular weight excluding hydrogens is 448 g/mol. The number of thioether (sulfide) groups is 1. The van der Waals surface area contributed by atoms with Crippen LogP contribution in [-0.4, -0.2) is 46.1 Å². The molecule has 2 N–H and O–H groups in total. The van der Waals surface area contributed by atoms with Crippen molar-refractivity contribution in [3.05, 3.63) is 59.2 Å². The third kappa shape index (κ3) is 5.67. The van der Waals surface area contributed by atoms with Crippen molar-refractivity contribution in [2.75, 3.05) is 23.7 Å². The van der Waals surface area contributed by atoms with E-state index >= 15 is 0 Å². The molecule has 2 heterocycles. The number of carbonyl (C=O) groups excluding carboxylic acids is 3. The Balaban J connectivity index is 1.31. The first-order valence-electron chi connectivity index (χ1n) is 11.8. The van der Waals surface area contributed by atoms with Crippen LogP contribution in [0.25, 0.3) is 0 Å².